The number of nitrogens with zero attached hydrogens (tertiary/aromatic N) is 1. The van der Waals surface area contributed by atoms with Gasteiger partial charge in [-0.1, -0.05) is 40.0 Å². The van der Waals surface area contributed by atoms with Crippen LogP contribution in [0.15, 0.2) is 0 Å². The summed E-state index contributed by atoms with van der Waals surface area (Å²) in [5.74, 6) is -0.0942. The molecule has 0 heterocycles. The quantitative estimate of drug-likeness (QED) is 0.406. The summed E-state index contributed by atoms with van der Waals surface area (Å²) in [5.41, 5.74) is 0. The molecule has 6 heteroatoms. The fourth-order valence-corrected chi connectivity index (χ4v) is 2.10. The van der Waals surface area contributed by atoms with Gasteiger partial charge in [0.1, 0.15) is 12.6 Å². The highest BCUT2D eigenvalue weighted by atomic mass is 16.6. The van der Waals surface area contributed by atoms with Gasteiger partial charge in [-0.2, -0.15) is 0 Å². The standard InChI is InChI=1S/C17H33NO5/c1-6-7-8-9-10-22-16(19)15(13-14(2)3)18(4)17(20)23-12-11-21-5/h14-15H,6-13H2,1-5H3. The number of carbonyl (C=O) groups excluding carboxylic acids is 2. The van der Waals surface area contributed by atoms with Gasteiger partial charge in [-0.15, -0.1) is 0 Å². The summed E-state index contributed by atoms with van der Waals surface area (Å²) in [7, 11) is 3.11. The molecule has 0 aliphatic carbocycles. The summed E-state index contributed by atoms with van der Waals surface area (Å²) in [6.45, 7) is 7.04. The molecule has 0 fully saturated rings. The second-order valence-corrected chi connectivity index (χ2v) is 6.09. The summed E-state index contributed by atoms with van der Waals surface area (Å²) < 4.78 is 15.2. The average molecular weight is 331 g/mol. The lowest BCUT2D eigenvalue weighted by molar-refractivity contribution is -0.149. The van der Waals surface area contributed by atoms with Crippen LogP contribution in [0.5, 0.6) is 0 Å². The van der Waals surface area contributed by atoms with Gasteiger partial charge in [0.25, 0.3) is 0 Å². The van der Waals surface area contributed by atoms with Crippen LogP contribution in [0.1, 0.15) is 52.9 Å². The highest BCUT2D eigenvalue weighted by Crippen LogP contribution is 2.14. The first-order chi connectivity index (χ1) is 10.9. The van der Waals surface area contributed by atoms with Crippen molar-refractivity contribution in [2.24, 2.45) is 5.92 Å². The third-order valence-electron chi connectivity index (χ3n) is 3.48. The molecule has 0 N–H and O–H groups in total. The van der Waals surface area contributed by atoms with Crippen molar-refractivity contribution in [3.63, 3.8) is 0 Å². The van der Waals surface area contributed by atoms with Gasteiger partial charge in [-0.3, -0.25) is 4.90 Å². The van der Waals surface area contributed by atoms with Gasteiger partial charge in [0, 0.05) is 14.2 Å². The molecule has 0 bridgehead atoms. The van der Waals surface area contributed by atoms with E-state index in [4.69, 9.17) is 14.2 Å². The first-order valence-corrected chi connectivity index (χ1v) is 8.49. The van der Waals surface area contributed by atoms with Crippen molar-refractivity contribution in [2.75, 3.05) is 34.0 Å². The summed E-state index contributed by atoms with van der Waals surface area (Å²) in [6, 6.07) is -0.615. The summed E-state index contributed by atoms with van der Waals surface area (Å²) in [6.07, 6.45) is 4.20. The second kappa shape index (κ2) is 13.2. The number of carbonyl (C=O) groups is 2. The molecule has 136 valence electrons. The first-order valence-electron chi connectivity index (χ1n) is 8.49. The first kappa shape index (κ1) is 21.7. The molecule has 0 spiro atoms. The number of likely N-dealkylation sites (N-methyl/N-ethyl adjacent to an activating group) is 1. The van der Waals surface area contributed by atoms with E-state index in [-0.39, 0.29) is 18.5 Å². The van der Waals surface area contributed by atoms with Crippen LogP contribution in [0.2, 0.25) is 0 Å². The highest BCUT2D eigenvalue weighted by molar-refractivity contribution is 5.81. The molecular formula is C17H33NO5. The predicted molar refractivity (Wildman–Crippen MR) is 89.3 cm³/mol. The minimum absolute atomic E-state index is 0.167. The lowest BCUT2D eigenvalue weighted by atomic mass is 10.0. The van der Waals surface area contributed by atoms with Crippen molar-refractivity contribution in [3.05, 3.63) is 0 Å². The number of ether oxygens (including phenoxy) is 3. The maximum absolute atomic E-state index is 12.3. The van der Waals surface area contributed by atoms with Crippen molar-refractivity contribution in [1.29, 1.82) is 0 Å². The molecule has 0 aromatic rings. The summed E-state index contributed by atoms with van der Waals surface area (Å²) in [4.78, 5) is 25.6. The molecule has 1 amide bonds. The van der Waals surface area contributed by atoms with Crippen LogP contribution < -0.4 is 0 Å². The van der Waals surface area contributed by atoms with Crippen LogP contribution in [0.4, 0.5) is 4.79 Å². The molecule has 1 unspecified atom stereocenters. The van der Waals surface area contributed by atoms with E-state index >= 15 is 0 Å². The molecule has 0 saturated heterocycles. The van der Waals surface area contributed by atoms with Gasteiger partial charge >= 0.3 is 12.1 Å². The Hall–Kier alpha value is -1.30. The van der Waals surface area contributed by atoms with Gasteiger partial charge in [0.05, 0.1) is 13.2 Å². The number of hydrogen-bond donors (Lipinski definition) is 0. The van der Waals surface area contributed by atoms with E-state index in [0.29, 0.717) is 19.6 Å². The largest absolute Gasteiger partial charge is 0.464 e. The Bertz CT molecular complexity index is 333. The monoisotopic (exact) mass is 331 g/mol. The molecule has 0 aromatic heterocycles. The zero-order valence-corrected chi connectivity index (χ0v) is 15.3. The van der Waals surface area contributed by atoms with E-state index in [0.717, 1.165) is 25.7 Å². The minimum atomic E-state index is -0.615. The van der Waals surface area contributed by atoms with Crippen LogP contribution >= 0.6 is 0 Å². The minimum Gasteiger partial charge on any atom is -0.464 e. The van der Waals surface area contributed by atoms with Crippen molar-refractivity contribution in [2.45, 2.75) is 58.9 Å². The number of hydrogen-bond acceptors (Lipinski definition) is 5. The summed E-state index contributed by atoms with van der Waals surface area (Å²) >= 11 is 0. The molecule has 23 heavy (non-hydrogen) atoms. The van der Waals surface area contributed by atoms with Crippen LogP contribution in [0.3, 0.4) is 0 Å². The lowest BCUT2D eigenvalue weighted by Crippen LogP contribution is -2.44. The van der Waals surface area contributed by atoms with E-state index < -0.39 is 12.1 Å². The average Bonchev–Trinajstić information content (AvgIpc) is 2.51. The van der Waals surface area contributed by atoms with E-state index in [1.165, 1.54) is 12.0 Å². The molecule has 0 aliphatic rings. The number of rotatable bonds is 12. The third kappa shape index (κ3) is 10.2. The highest BCUT2D eigenvalue weighted by Gasteiger charge is 2.29. The van der Waals surface area contributed by atoms with Gasteiger partial charge in [-0.05, 0) is 18.8 Å². The Morgan fingerprint density at radius 1 is 1.00 bits per heavy atom. The van der Waals surface area contributed by atoms with E-state index in [9.17, 15) is 9.59 Å². The molecule has 0 aromatic carbocycles. The number of methoxy groups -OCH3 is 1. The third-order valence-corrected chi connectivity index (χ3v) is 3.48. The van der Waals surface area contributed by atoms with Crippen LogP contribution in [-0.4, -0.2) is 57.0 Å². The van der Waals surface area contributed by atoms with Gasteiger partial charge < -0.3 is 14.2 Å². The molecule has 0 radical (unpaired) electrons. The molecule has 0 saturated carbocycles. The zero-order valence-electron chi connectivity index (χ0n) is 15.3. The second-order valence-electron chi connectivity index (χ2n) is 6.09. The lowest BCUT2D eigenvalue weighted by Gasteiger charge is -2.27. The topological polar surface area (TPSA) is 65.1 Å². The van der Waals surface area contributed by atoms with Crippen molar-refractivity contribution < 1.29 is 23.8 Å². The van der Waals surface area contributed by atoms with Crippen molar-refractivity contribution >= 4 is 12.1 Å². The predicted octanol–water partition coefficient (Wildman–Crippen LogP) is 3.24. The Kier molecular flexibility index (Phi) is 12.4. The normalized spacial score (nSPS) is 12.1. The van der Waals surface area contributed by atoms with E-state index in [1.807, 2.05) is 13.8 Å². The van der Waals surface area contributed by atoms with Crippen LogP contribution in [0.25, 0.3) is 0 Å². The summed E-state index contributed by atoms with van der Waals surface area (Å²) in [5, 5.41) is 0. The molecule has 6 nitrogen and oxygen atoms in total. The maximum Gasteiger partial charge on any atom is 0.410 e. The number of amides is 1. The van der Waals surface area contributed by atoms with Gasteiger partial charge in [0.2, 0.25) is 0 Å². The van der Waals surface area contributed by atoms with Gasteiger partial charge in [-0.25, -0.2) is 9.59 Å². The fraction of sp³-hybridized carbons (Fsp3) is 0.882. The van der Waals surface area contributed by atoms with E-state index in [2.05, 4.69) is 6.92 Å². The van der Waals surface area contributed by atoms with Gasteiger partial charge in [0.15, 0.2) is 0 Å². The maximum atomic E-state index is 12.3. The number of esters is 1. The Labute approximate surface area is 140 Å². The van der Waals surface area contributed by atoms with Crippen LogP contribution in [0, 0.1) is 5.92 Å². The Morgan fingerprint density at radius 2 is 1.70 bits per heavy atom. The Balaban J connectivity index is 4.46. The fourth-order valence-electron chi connectivity index (χ4n) is 2.10. The zero-order chi connectivity index (χ0) is 17.7. The van der Waals surface area contributed by atoms with Crippen LogP contribution in [-0.2, 0) is 19.0 Å². The van der Waals surface area contributed by atoms with E-state index in [1.54, 1.807) is 7.05 Å². The smallest absolute Gasteiger partial charge is 0.410 e. The molecule has 1 atom stereocenters. The number of unbranched alkanes of at least 4 members (excludes halogenated alkanes) is 3. The molecule has 0 rings (SSSR count). The Morgan fingerprint density at radius 3 is 2.26 bits per heavy atom. The van der Waals surface area contributed by atoms with Crippen molar-refractivity contribution in [1.82, 2.24) is 4.90 Å². The SMILES string of the molecule is CCCCCCOC(=O)C(CC(C)C)N(C)C(=O)OCCOC. The molecule has 0 aliphatic heterocycles. The van der Waals surface area contributed by atoms with Crippen molar-refractivity contribution in [3.8, 4) is 0 Å². The molecular weight excluding hydrogens is 298 g/mol.